The highest BCUT2D eigenvalue weighted by Gasteiger charge is 2.29. The van der Waals surface area contributed by atoms with Gasteiger partial charge in [-0.05, 0) is 67.5 Å². The first kappa shape index (κ1) is 19.2. The molecule has 27 heavy (non-hydrogen) atoms. The number of halogens is 1. The van der Waals surface area contributed by atoms with Gasteiger partial charge in [-0.1, -0.05) is 6.08 Å². The molecule has 2 unspecified atom stereocenters. The van der Waals surface area contributed by atoms with Crippen molar-refractivity contribution in [1.29, 1.82) is 0 Å². The zero-order valence-electron chi connectivity index (χ0n) is 15.7. The topological polar surface area (TPSA) is 59.8 Å². The molecular weight excluding hydrogens is 345 g/mol. The Hall–Kier alpha value is -2.57. The summed E-state index contributed by atoms with van der Waals surface area (Å²) in [6.07, 6.45) is 9.60. The lowest BCUT2D eigenvalue weighted by Gasteiger charge is -2.25. The van der Waals surface area contributed by atoms with Crippen LogP contribution in [0.3, 0.4) is 0 Å². The lowest BCUT2D eigenvalue weighted by molar-refractivity contribution is 0.251. The molecule has 0 radical (unpaired) electrons. The molecule has 3 rings (SSSR count). The van der Waals surface area contributed by atoms with Crippen LogP contribution in [0, 0.1) is 0 Å². The molecule has 0 bridgehead atoms. The Bertz CT molecular complexity index is 766. The minimum Gasteiger partial charge on any atom is -0.497 e. The van der Waals surface area contributed by atoms with Gasteiger partial charge >= 0.3 is 0 Å². The summed E-state index contributed by atoms with van der Waals surface area (Å²) in [5.74, 6) is 1.57. The van der Waals surface area contributed by atoms with Crippen LogP contribution in [-0.4, -0.2) is 37.5 Å². The predicted molar refractivity (Wildman–Crippen MR) is 105 cm³/mol. The molecule has 1 aliphatic carbocycles. The van der Waals surface area contributed by atoms with Crippen molar-refractivity contribution in [3.63, 3.8) is 0 Å². The number of benzene rings is 1. The van der Waals surface area contributed by atoms with Gasteiger partial charge < -0.3 is 15.2 Å². The number of nitrogens with one attached hydrogen (secondary N) is 1. The number of nitrogens with two attached hydrogens (primary N) is 1. The van der Waals surface area contributed by atoms with Gasteiger partial charge in [0.15, 0.2) is 0 Å². The van der Waals surface area contributed by atoms with Crippen molar-refractivity contribution in [2.45, 2.75) is 25.6 Å². The molecule has 1 aliphatic heterocycles. The molecule has 3 N–H and O–H groups in total. The Balaban J connectivity index is 1.86. The van der Waals surface area contributed by atoms with Crippen LogP contribution in [0.2, 0.25) is 0 Å². The van der Waals surface area contributed by atoms with E-state index in [-0.39, 0.29) is 6.04 Å². The highest BCUT2D eigenvalue weighted by Crippen LogP contribution is 2.31. The zero-order valence-corrected chi connectivity index (χ0v) is 15.7. The Labute approximate surface area is 159 Å². The Morgan fingerprint density at radius 1 is 1.26 bits per heavy atom. The van der Waals surface area contributed by atoms with Gasteiger partial charge in [-0.25, -0.2) is 9.82 Å². The van der Waals surface area contributed by atoms with E-state index in [1.54, 1.807) is 14.0 Å². The van der Waals surface area contributed by atoms with Crippen LogP contribution in [-0.2, 0) is 4.74 Å². The molecule has 0 spiro atoms. The highest BCUT2D eigenvalue weighted by atomic mass is 19.1. The molecule has 1 aromatic carbocycles. The fraction of sp³-hybridized carbons (Fsp3) is 0.333. The Morgan fingerprint density at radius 2 is 2.04 bits per heavy atom. The van der Waals surface area contributed by atoms with Crippen LogP contribution in [0.5, 0.6) is 5.75 Å². The average molecular weight is 371 g/mol. The number of hydrogen-bond donors (Lipinski definition) is 2. The summed E-state index contributed by atoms with van der Waals surface area (Å²) < 4.78 is 24.8. The van der Waals surface area contributed by atoms with Crippen molar-refractivity contribution in [2.75, 3.05) is 20.3 Å². The molecule has 0 fully saturated rings. The van der Waals surface area contributed by atoms with Crippen LogP contribution in [0.25, 0.3) is 5.70 Å². The van der Waals surface area contributed by atoms with Gasteiger partial charge in [0.2, 0.25) is 0 Å². The number of rotatable bonds is 7. The van der Waals surface area contributed by atoms with Crippen LogP contribution >= 0.6 is 0 Å². The van der Waals surface area contributed by atoms with Crippen molar-refractivity contribution in [3.05, 3.63) is 71.7 Å². The number of methoxy groups -OCH3 is 1. The van der Waals surface area contributed by atoms with Gasteiger partial charge in [0.05, 0.1) is 24.5 Å². The van der Waals surface area contributed by atoms with Crippen LogP contribution < -0.4 is 15.9 Å². The Morgan fingerprint density at radius 3 is 2.70 bits per heavy atom. The first-order valence-electron chi connectivity index (χ1n) is 9.10. The largest absolute Gasteiger partial charge is 0.497 e. The second kappa shape index (κ2) is 8.88. The maximum Gasteiger partial charge on any atom is 0.119 e. The predicted octanol–water partition coefficient (Wildman–Crippen LogP) is 3.29. The number of hydrogen-bond acceptors (Lipinski definition) is 5. The SMILES string of the molecule is COC1=CCC=C(N2NC(C(C)F)C=C2c2ccc(OCCN)cc2)C=C1. The molecule has 0 amide bonds. The molecular formula is C21H26FN3O2. The summed E-state index contributed by atoms with van der Waals surface area (Å²) in [4.78, 5) is 0. The van der Waals surface area contributed by atoms with E-state index in [4.69, 9.17) is 15.2 Å². The van der Waals surface area contributed by atoms with Gasteiger partial charge in [-0.15, -0.1) is 0 Å². The average Bonchev–Trinajstić information content (AvgIpc) is 2.99. The van der Waals surface area contributed by atoms with E-state index >= 15 is 0 Å². The normalized spacial score (nSPS) is 20.5. The lowest BCUT2D eigenvalue weighted by Crippen LogP contribution is -2.39. The van der Waals surface area contributed by atoms with Gasteiger partial charge in [-0.2, -0.15) is 0 Å². The highest BCUT2D eigenvalue weighted by molar-refractivity contribution is 5.69. The first-order chi connectivity index (χ1) is 13.1. The minimum absolute atomic E-state index is 0.388. The van der Waals surface area contributed by atoms with Crippen molar-refractivity contribution < 1.29 is 13.9 Å². The second-order valence-corrected chi connectivity index (χ2v) is 6.39. The molecule has 2 aliphatic rings. The summed E-state index contributed by atoms with van der Waals surface area (Å²) in [5.41, 5.74) is 11.6. The number of alkyl halides is 1. The fourth-order valence-corrected chi connectivity index (χ4v) is 2.99. The van der Waals surface area contributed by atoms with Crippen LogP contribution in [0.4, 0.5) is 4.39 Å². The van der Waals surface area contributed by atoms with E-state index in [1.807, 2.05) is 53.6 Å². The fourth-order valence-electron chi connectivity index (χ4n) is 2.99. The van der Waals surface area contributed by atoms with E-state index in [2.05, 4.69) is 11.5 Å². The second-order valence-electron chi connectivity index (χ2n) is 6.39. The third-order valence-corrected chi connectivity index (χ3v) is 4.45. The zero-order chi connectivity index (χ0) is 19.2. The van der Waals surface area contributed by atoms with Gasteiger partial charge in [0.25, 0.3) is 0 Å². The number of allylic oxidation sites excluding steroid dienone is 4. The van der Waals surface area contributed by atoms with E-state index in [0.717, 1.165) is 34.9 Å². The van der Waals surface area contributed by atoms with Gasteiger partial charge in [-0.3, -0.25) is 5.01 Å². The summed E-state index contributed by atoms with van der Waals surface area (Å²) in [6, 6.07) is 7.35. The van der Waals surface area contributed by atoms with Crippen LogP contribution in [0.15, 0.2) is 66.1 Å². The van der Waals surface area contributed by atoms with Crippen molar-refractivity contribution in [1.82, 2.24) is 10.4 Å². The molecule has 1 heterocycles. The molecule has 0 saturated carbocycles. The number of hydrazine groups is 1. The van der Waals surface area contributed by atoms with E-state index in [0.29, 0.717) is 13.2 Å². The molecule has 2 atom stereocenters. The smallest absolute Gasteiger partial charge is 0.119 e. The first-order valence-corrected chi connectivity index (χ1v) is 9.10. The summed E-state index contributed by atoms with van der Waals surface area (Å²) in [6.45, 7) is 2.50. The van der Waals surface area contributed by atoms with E-state index < -0.39 is 6.17 Å². The quantitative estimate of drug-likeness (QED) is 0.770. The molecule has 144 valence electrons. The van der Waals surface area contributed by atoms with E-state index in [1.165, 1.54) is 0 Å². The van der Waals surface area contributed by atoms with Crippen molar-refractivity contribution >= 4 is 5.70 Å². The molecule has 0 aromatic heterocycles. The van der Waals surface area contributed by atoms with E-state index in [9.17, 15) is 4.39 Å². The molecule has 1 aromatic rings. The summed E-state index contributed by atoms with van der Waals surface area (Å²) in [5, 5.41) is 1.93. The third kappa shape index (κ3) is 4.59. The summed E-state index contributed by atoms with van der Waals surface area (Å²) in [7, 11) is 1.65. The number of nitrogens with zero attached hydrogens (tertiary/aromatic N) is 1. The Kier molecular flexibility index (Phi) is 6.32. The minimum atomic E-state index is -1.01. The lowest BCUT2D eigenvalue weighted by atomic mass is 10.1. The summed E-state index contributed by atoms with van der Waals surface area (Å²) >= 11 is 0. The molecule has 0 saturated heterocycles. The van der Waals surface area contributed by atoms with Crippen molar-refractivity contribution in [3.8, 4) is 5.75 Å². The monoisotopic (exact) mass is 371 g/mol. The van der Waals surface area contributed by atoms with Gasteiger partial charge in [0, 0.05) is 6.54 Å². The molecule has 6 heteroatoms. The van der Waals surface area contributed by atoms with Gasteiger partial charge in [0.1, 0.15) is 24.3 Å². The molecule has 5 nitrogen and oxygen atoms in total. The standard InChI is InChI=1S/C21H26FN3O2/c1-15(22)20-14-21(16-6-9-19(10-7-16)27-13-12-23)25(24-20)17-4-3-5-18(26-2)11-8-17/h4-11,14-15,20,24H,3,12-13,23H2,1-2H3. The van der Waals surface area contributed by atoms with Crippen LogP contribution in [0.1, 0.15) is 18.9 Å². The maximum absolute atomic E-state index is 14.0. The van der Waals surface area contributed by atoms with Crippen molar-refractivity contribution in [2.24, 2.45) is 5.73 Å². The third-order valence-electron chi connectivity index (χ3n) is 4.45. The number of ether oxygens (including phenoxy) is 2. The maximum atomic E-state index is 14.0.